The minimum atomic E-state index is -0.227. The first kappa shape index (κ1) is 11.3. The first-order valence-corrected chi connectivity index (χ1v) is 5.74. The number of aromatic nitrogens is 2. The SMILES string of the molecule is O=C(Nc1cccc(O)c1)c1ccn2cncc2c1. The molecule has 0 unspecified atom stereocenters. The zero-order valence-corrected chi connectivity index (χ0v) is 9.95. The molecule has 1 aromatic carbocycles. The smallest absolute Gasteiger partial charge is 0.255 e. The minimum Gasteiger partial charge on any atom is -0.508 e. The number of phenolic OH excluding ortho intramolecular Hbond substituents is 1. The number of carbonyl (C=O) groups excluding carboxylic acids is 1. The lowest BCUT2D eigenvalue weighted by Gasteiger charge is -2.06. The Morgan fingerprint density at radius 1 is 1.26 bits per heavy atom. The van der Waals surface area contributed by atoms with Crippen LogP contribution in [0.4, 0.5) is 5.69 Å². The quantitative estimate of drug-likeness (QED) is 0.736. The van der Waals surface area contributed by atoms with Crippen LogP contribution in [0.1, 0.15) is 10.4 Å². The molecule has 0 fully saturated rings. The van der Waals surface area contributed by atoms with Crippen LogP contribution in [0, 0.1) is 0 Å². The number of rotatable bonds is 2. The van der Waals surface area contributed by atoms with Crippen LogP contribution >= 0.6 is 0 Å². The zero-order valence-electron chi connectivity index (χ0n) is 9.95. The molecule has 1 amide bonds. The molecular formula is C14H11N3O2. The zero-order chi connectivity index (χ0) is 13.2. The first-order valence-electron chi connectivity index (χ1n) is 5.74. The number of benzene rings is 1. The van der Waals surface area contributed by atoms with Crippen LogP contribution < -0.4 is 5.32 Å². The molecule has 94 valence electrons. The van der Waals surface area contributed by atoms with E-state index < -0.39 is 0 Å². The average Bonchev–Trinajstić information content (AvgIpc) is 2.85. The van der Waals surface area contributed by atoms with Gasteiger partial charge in [-0.2, -0.15) is 0 Å². The van der Waals surface area contributed by atoms with Crippen molar-refractivity contribution >= 4 is 17.1 Å². The fraction of sp³-hybridized carbons (Fsp3) is 0. The second-order valence-electron chi connectivity index (χ2n) is 4.15. The molecular weight excluding hydrogens is 242 g/mol. The number of nitrogens with zero attached hydrogens (tertiary/aromatic N) is 2. The summed E-state index contributed by atoms with van der Waals surface area (Å²) in [4.78, 5) is 16.1. The van der Waals surface area contributed by atoms with Crippen molar-refractivity contribution in [3.05, 3.63) is 60.7 Å². The molecule has 5 nitrogen and oxygen atoms in total. The third-order valence-corrected chi connectivity index (χ3v) is 2.78. The highest BCUT2D eigenvalue weighted by atomic mass is 16.3. The van der Waals surface area contributed by atoms with E-state index >= 15 is 0 Å². The number of pyridine rings is 1. The summed E-state index contributed by atoms with van der Waals surface area (Å²) < 4.78 is 1.82. The number of hydrogen-bond acceptors (Lipinski definition) is 3. The largest absolute Gasteiger partial charge is 0.508 e. The van der Waals surface area contributed by atoms with E-state index in [1.807, 2.05) is 4.40 Å². The van der Waals surface area contributed by atoms with Crippen LogP contribution in [0.15, 0.2) is 55.1 Å². The number of amides is 1. The van der Waals surface area contributed by atoms with E-state index in [1.165, 1.54) is 6.07 Å². The third-order valence-electron chi connectivity index (χ3n) is 2.78. The van der Waals surface area contributed by atoms with Crippen molar-refractivity contribution in [3.8, 4) is 5.75 Å². The molecule has 3 rings (SSSR count). The lowest BCUT2D eigenvalue weighted by atomic mass is 10.2. The van der Waals surface area contributed by atoms with Crippen LogP contribution in [0.25, 0.3) is 5.52 Å². The van der Waals surface area contributed by atoms with Gasteiger partial charge in [0.25, 0.3) is 5.91 Å². The molecule has 19 heavy (non-hydrogen) atoms. The highest BCUT2D eigenvalue weighted by molar-refractivity contribution is 6.04. The van der Waals surface area contributed by atoms with Crippen molar-refractivity contribution in [1.82, 2.24) is 9.38 Å². The van der Waals surface area contributed by atoms with Gasteiger partial charge in [0.05, 0.1) is 18.0 Å². The van der Waals surface area contributed by atoms with Crippen LogP contribution in [-0.4, -0.2) is 20.4 Å². The fourth-order valence-electron chi connectivity index (χ4n) is 1.85. The number of hydrogen-bond donors (Lipinski definition) is 2. The number of anilines is 1. The Kier molecular flexibility index (Phi) is 2.64. The second-order valence-corrected chi connectivity index (χ2v) is 4.15. The molecule has 5 heteroatoms. The van der Waals surface area contributed by atoms with Gasteiger partial charge in [-0.1, -0.05) is 6.07 Å². The Hall–Kier alpha value is -2.82. The van der Waals surface area contributed by atoms with Crippen LogP contribution in [-0.2, 0) is 0 Å². The van der Waals surface area contributed by atoms with Crippen molar-refractivity contribution in [2.24, 2.45) is 0 Å². The molecule has 2 N–H and O–H groups in total. The van der Waals surface area contributed by atoms with E-state index in [-0.39, 0.29) is 11.7 Å². The molecule has 0 saturated heterocycles. The topological polar surface area (TPSA) is 66.6 Å². The van der Waals surface area contributed by atoms with Crippen molar-refractivity contribution in [3.63, 3.8) is 0 Å². The molecule has 3 aromatic rings. The van der Waals surface area contributed by atoms with Gasteiger partial charge in [0.15, 0.2) is 0 Å². The summed E-state index contributed by atoms with van der Waals surface area (Å²) in [5.74, 6) is -0.113. The Morgan fingerprint density at radius 3 is 3.00 bits per heavy atom. The first-order chi connectivity index (χ1) is 9.22. The number of nitrogens with one attached hydrogen (secondary N) is 1. The highest BCUT2D eigenvalue weighted by Crippen LogP contribution is 2.16. The van der Waals surface area contributed by atoms with Gasteiger partial charge in [-0.25, -0.2) is 4.98 Å². The number of fused-ring (bicyclic) bond motifs is 1. The van der Waals surface area contributed by atoms with Crippen LogP contribution in [0.5, 0.6) is 5.75 Å². The number of phenols is 1. The van der Waals surface area contributed by atoms with Gasteiger partial charge in [0, 0.05) is 23.5 Å². The predicted molar refractivity (Wildman–Crippen MR) is 71.3 cm³/mol. The summed E-state index contributed by atoms with van der Waals surface area (Å²) in [6, 6.07) is 9.90. The van der Waals surface area contributed by atoms with Crippen LogP contribution in [0.3, 0.4) is 0 Å². The van der Waals surface area contributed by atoms with E-state index in [0.29, 0.717) is 11.3 Å². The third kappa shape index (κ3) is 2.26. The summed E-state index contributed by atoms with van der Waals surface area (Å²) in [6.45, 7) is 0. The van der Waals surface area contributed by atoms with Crippen molar-refractivity contribution in [1.29, 1.82) is 0 Å². The second kappa shape index (κ2) is 4.45. The summed E-state index contributed by atoms with van der Waals surface area (Å²) >= 11 is 0. The Bertz CT molecular complexity index is 749. The Balaban J connectivity index is 1.87. The van der Waals surface area contributed by atoms with Gasteiger partial charge in [0.2, 0.25) is 0 Å². The lowest BCUT2D eigenvalue weighted by molar-refractivity contribution is 0.102. The van der Waals surface area contributed by atoms with Crippen molar-refractivity contribution in [2.75, 3.05) is 5.32 Å². The monoisotopic (exact) mass is 253 g/mol. The number of imidazole rings is 1. The summed E-state index contributed by atoms with van der Waals surface area (Å²) in [7, 11) is 0. The number of carbonyl (C=O) groups is 1. The van der Waals surface area contributed by atoms with Gasteiger partial charge in [-0.15, -0.1) is 0 Å². The Morgan fingerprint density at radius 2 is 2.16 bits per heavy atom. The molecule has 2 aromatic heterocycles. The van der Waals surface area contributed by atoms with Crippen LogP contribution in [0.2, 0.25) is 0 Å². The summed E-state index contributed by atoms with van der Waals surface area (Å²) in [6.07, 6.45) is 5.14. The minimum absolute atomic E-state index is 0.115. The van der Waals surface area contributed by atoms with E-state index in [9.17, 15) is 9.90 Å². The molecule has 0 aliphatic heterocycles. The summed E-state index contributed by atoms with van der Waals surface area (Å²) in [5.41, 5.74) is 1.94. The standard InChI is InChI=1S/C14H11N3O2/c18-13-3-1-2-11(7-13)16-14(19)10-4-5-17-9-15-8-12(17)6-10/h1-9,18H,(H,16,19). The van der Waals surface area contributed by atoms with Crippen molar-refractivity contribution < 1.29 is 9.90 Å². The van der Waals surface area contributed by atoms with E-state index in [1.54, 1.807) is 49.1 Å². The normalized spacial score (nSPS) is 10.5. The molecule has 0 spiro atoms. The maximum absolute atomic E-state index is 12.1. The van der Waals surface area contributed by atoms with Gasteiger partial charge in [-0.3, -0.25) is 4.79 Å². The van der Waals surface area contributed by atoms with Crippen molar-refractivity contribution in [2.45, 2.75) is 0 Å². The molecule has 0 atom stereocenters. The van der Waals surface area contributed by atoms with Gasteiger partial charge < -0.3 is 14.8 Å². The van der Waals surface area contributed by atoms with Gasteiger partial charge >= 0.3 is 0 Å². The predicted octanol–water partition coefficient (Wildman–Crippen LogP) is 2.29. The van der Waals surface area contributed by atoms with E-state index in [4.69, 9.17) is 0 Å². The van der Waals surface area contributed by atoms with E-state index in [2.05, 4.69) is 10.3 Å². The maximum Gasteiger partial charge on any atom is 0.255 e. The van der Waals surface area contributed by atoms with E-state index in [0.717, 1.165) is 5.52 Å². The maximum atomic E-state index is 12.1. The Labute approximate surface area is 109 Å². The van der Waals surface area contributed by atoms with Gasteiger partial charge in [0.1, 0.15) is 5.75 Å². The number of aromatic hydroxyl groups is 1. The molecule has 0 bridgehead atoms. The summed E-state index contributed by atoms with van der Waals surface area (Å²) in [5, 5.41) is 12.1. The molecule has 0 saturated carbocycles. The molecule has 0 aliphatic carbocycles. The molecule has 0 aliphatic rings. The molecule has 2 heterocycles. The fourth-order valence-corrected chi connectivity index (χ4v) is 1.85. The molecule has 0 radical (unpaired) electrons. The lowest BCUT2D eigenvalue weighted by Crippen LogP contribution is -2.11. The highest BCUT2D eigenvalue weighted by Gasteiger charge is 2.07. The van der Waals surface area contributed by atoms with Gasteiger partial charge in [-0.05, 0) is 24.3 Å². The average molecular weight is 253 g/mol.